The molecule has 0 aromatic heterocycles. The van der Waals surface area contributed by atoms with Gasteiger partial charge in [0.05, 0.1) is 5.56 Å². The van der Waals surface area contributed by atoms with Crippen molar-refractivity contribution in [2.75, 3.05) is 6.61 Å². The van der Waals surface area contributed by atoms with Gasteiger partial charge < -0.3 is 10.1 Å². The predicted octanol–water partition coefficient (Wildman–Crippen LogP) is 3.82. The summed E-state index contributed by atoms with van der Waals surface area (Å²) in [5.41, 5.74) is 2.55. The van der Waals surface area contributed by atoms with Crippen molar-refractivity contribution in [1.29, 1.82) is 0 Å². The van der Waals surface area contributed by atoms with Crippen molar-refractivity contribution in [2.24, 2.45) is 0 Å². The SMILES string of the molecule is CCC(CC)NC(=O)COC(=O)c1ccc(-c2ccccc2)cc1. The van der Waals surface area contributed by atoms with Crippen LogP contribution in [0.2, 0.25) is 0 Å². The molecule has 1 amide bonds. The third-order valence-electron chi connectivity index (χ3n) is 3.91. The highest BCUT2D eigenvalue weighted by molar-refractivity contribution is 5.91. The lowest BCUT2D eigenvalue weighted by atomic mass is 10.0. The van der Waals surface area contributed by atoms with Gasteiger partial charge in [0.2, 0.25) is 0 Å². The highest BCUT2D eigenvalue weighted by Crippen LogP contribution is 2.19. The second kappa shape index (κ2) is 8.87. The summed E-state index contributed by atoms with van der Waals surface area (Å²) in [7, 11) is 0. The van der Waals surface area contributed by atoms with Crippen LogP contribution in [-0.2, 0) is 9.53 Å². The van der Waals surface area contributed by atoms with E-state index in [9.17, 15) is 9.59 Å². The largest absolute Gasteiger partial charge is 0.452 e. The Hall–Kier alpha value is -2.62. The topological polar surface area (TPSA) is 55.4 Å². The van der Waals surface area contributed by atoms with Crippen LogP contribution in [0.15, 0.2) is 54.6 Å². The van der Waals surface area contributed by atoms with E-state index in [0.29, 0.717) is 5.56 Å². The molecule has 0 aliphatic rings. The fraction of sp³-hybridized carbons (Fsp3) is 0.300. The highest BCUT2D eigenvalue weighted by atomic mass is 16.5. The van der Waals surface area contributed by atoms with Crippen LogP contribution in [0.3, 0.4) is 0 Å². The van der Waals surface area contributed by atoms with Gasteiger partial charge in [-0.05, 0) is 36.1 Å². The Morgan fingerprint density at radius 3 is 2.08 bits per heavy atom. The van der Waals surface area contributed by atoms with Gasteiger partial charge in [-0.3, -0.25) is 4.79 Å². The summed E-state index contributed by atoms with van der Waals surface area (Å²) in [5.74, 6) is -0.757. The van der Waals surface area contributed by atoms with Crippen LogP contribution in [0.5, 0.6) is 0 Å². The van der Waals surface area contributed by atoms with Gasteiger partial charge in [-0.1, -0.05) is 56.3 Å². The molecule has 0 saturated carbocycles. The van der Waals surface area contributed by atoms with Crippen molar-refractivity contribution >= 4 is 11.9 Å². The van der Waals surface area contributed by atoms with Crippen molar-refractivity contribution in [1.82, 2.24) is 5.32 Å². The number of nitrogens with one attached hydrogen (secondary N) is 1. The molecule has 0 saturated heterocycles. The molecule has 0 fully saturated rings. The van der Waals surface area contributed by atoms with Crippen LogP contribution in [0.1, 0.15) is 37.0 Å². The molecule has 0 heterocycles. The van der Waals surface area contributed by atoms with E-state index in [-0.39, 0.29) is 18.6 Å². The minimum Gasteiger partial charge on any atom is -0.452 e. The molecule has 0 aliphatic heterocycles. The summed E-state index contributed by atoms with van der Waals surface area (Å²) in [6.45, 7) is 3.76. The third kappa shape index (κ3) is 4.95. The number of carbonyl (C=O) groups is 2. The van der Waals surface area contributed by atoms with E-state index in [0.717, 1.165) is 24.0 Å². The van der Waals surface area contributed by atoms with E-state index in [1.807, 2.05) is 56.3 Å². The van der Waals surface area contributed by atoms with Crippen molar-refractivity contribution in [3.05, 3.63) is 60.2 Å². The number of esters is 1. The van der Waals surface area contributed by atoms with Gasteiger partial charge in [-0.2, -0.15) is 0 Å². The Morgan fingerprint density at radius 1 is 0.917 bits per heavy atom. The summed E-state index contributed by atoms with van der Waals surface area (Å²) in [5, 5.41) is 2.84. The molecular weight excluding hydrogens is 302 g/mol. The first kappa shape index (κ1) is 17.7. The summed E-state index contributed by atoms with van der Waals surface area (Å²) in [6.07, 6.45) is 1.72. The van der Waals surface area contributed by atoms with Crippen LogP contribution < -0.4 is 5.32 Å². The highest BCUT2D eigenvalue weighted by Gasteiger charge is 2.12. The Labute approximate surface area is 142 Å². The van der Waals surface area contributed by atoms with E-state index in [2.05, 4.69) is 5.32 Å². The molecule has 0 radical (unpaired) electrons. The van der Waals surface area contributed by atoms with Gasteiger partial charge in [0.25, 0.3) is 5.91 Å². The monoisotopic (exact) mass is 325 g/mol. The molecule has 2 aromatic carbocycles. The summed E-state index contributed by atoms with van der Waals surface area (Å²) >= 11 is 0. The van der Waals surface area contributed by atoms with E-state index >= 15 is 0 Å². The van der Waals surface area contributed by atoms with Gasteiger partial charge in [0.1, 0.15) is 0 Å². The van der Waals surface area contributed by atoms with E-state index in [1.54, 1.807) is 12.1 Å². The first-order valence-electron chi connectivity index (χ1n) is 8.26. The third-order valence-corrected chi connectivity index (χ3v) is 3.91. The molecule has 2 aromatic rings. The van der Waals surface area contributed by atoms with Gasteiger partial charge in [0.15, 0.2) is 6.61 Å². The van der Waals surface area contributed by atoms with Crippen LogP contribution in [-0.4, -0.2) is 24.5 Å². The van der Waals surface area contributed by atoms with Crippen molar-refractivity contribution in [2.45, 2.75) is 32.7 Å². The van der Waals surface area contributed by atoms with Gasteiger partial charge in [0, 0.05) is 6.04 Å². The molecule has 24 heavy (non-hydrogen) atoms. The lowest BCUT2D eigenvalue weighted by Gasteiger charge is -2.14. The van der Waals surface area contributed by atoms with Gasteiger partial charge in [-0.15, -0.1) is 0 Å². The zero-order valence-electron chi connectivity index (χ0n) is 14.1. The van der Waals surface area contributed by atoms with Crippen molar-refractivity contribution < 1.29 is 14.3 Å². The maximum atomic E-state index is 12.0. The van der Waals surface area contributed by atoms with Crippen LogP contribution in [0.4, 0.5) is 0 Å². The maximum absolute atomic E-state index is 12.0. The molecule has 4 heteroatoms. The molecule has 0 spiro atoms. The predicted molar refractivity (Wildman–Crippen MR) is 94.7 cm³/mol. The minimum absolute atomic E-state index is 0.126. The molecule has 0 atom stereocenters. The van der Waals surface area contributed by atoms with Crippen LogP contribution >= 0.6 is 0 Å². The summed E-state index contributed by atoms with van der Waals surface area (Å²) in [6, 6.07) is 17.2. The quantitative estimate of drug-likeness (QED) is 0.788. The first-order chi connectivity index (χ1) is 11.6. The van der Waals surface area contributed by atoms with Gasteiger partial charge in [-0.25, -0.2) is 4.79 Å². The molecular formula is C20H23NO3. The Morgan fingerprint density at radius 2 is 1.50 bits per heavy atom. The minimum atomic E-state index is -0.491. The molecule has 126 valence electrons. The van der Waals surface area contributed by atoms with Crippen LogP contribution in [0, 0.1) is 0 Å². The standard InChI is InChI=1S/C20H23NO3/c1-3-18(4-2)21-19(22)14-24-20(23)17-12-10-16(11-13-17)15-8-6-5-7-9-15/h5-13,18H,3-4,14H2,1-2H3,(H,21,22). The van der Waals surface area contributed by atoms with E-state index in [4.69, 9.17) is 4.74 Å². The zero-order chi connectivity index (χ0) is 17.4. The second-order valence-electron chi connectivity index (χ2n) is 5.60. The Kier molecular flexibility index (Phi) is 6.55. The lowest BCUT2D eigenvalue weighted by Crippen LogP contribution is -2.36. The molecule has 1 N–H and O–H groups in total. The van der Waals surface area contributed by atoms with E-state index in [1.165, 1.54) is 0 Å². The fourth-order valence-corrected chi connectivity index (χ4v) is 2.41. The molecule has 4 nitrogen and oxygen atoms in total. The van der Waals surface area contributed by atoms with Crippen LogP contribution in [0.25, 0.3) is 11.1 Å². The molecule has 0 unspecified atom stereocenters. The maximum Gasteiger partial charge on any atom is 0.338 e. The Bertz CT molecular complexity index is 661. The number of hydrogen-bond donors (Lipinski definition) is 1. The average Bonchev–Trinajstić information content (AvgIpc) is 2.65. The van der Waals surface area contributed by atoms with Crippen molar-refractivity contribution in [3.63, 3.8) is 0 Å². The summed E-state index contributed by atoms with van der Waals surface area (Å²) in [4.78, 5) is 23.8. The fourth-order valence-electron chi connectivity index (χ4n) is 2.41. The molecule has 0 bridgehead atoms. The number of rotatable bonds is 7. The number of amides is 1. The first-order valence-corrected chi connectivity index (χ1v) is 8.26. The number of ether oxygens (including phenoxy) is 1. The smallest absolute Gasteiger partial charge is 0.338 e. The number of carbonyl (C=O) groups excluding carboxylic acids is 2. The number of hydrogen-bond acceptors (Lipinski definition) is 3. The van der Waals surface area contributed by atoms with E-state index < -0.39 is 5.97 Å². The summed E-state index contributed by atoms with van der Waals surface area (Å²) < 4.78 is 5.07. The molecule has 0 aliphatic carbocycles. The average molecular weight is 325 g/mol. The molecule has 2 rings (SSSR count). The zero-order valence-corrected chi connectivity index (χ0v) is 14.1. The van der Waals surface area contributed by atoms with Gasteiger partial charge >= 0.3 is 5.97 Å². The lowest BCUT2D eigenvalue weighted by molar-refractivity contribution is -0.125. The Balaban J connectivity index is 1.90. The normalized spacial score (nSPS) is 10.5. The second-order valence-corrected chi connectivity index (χ2v) is 5.60. The number of benzene rings is 2. The van der Waals surface area contributed by atoms with Crippen molar-refractivity contribution in [3.8, 4) is 11.1 Å².